The van der Waals surface area contributed by atoms with Crippen LogP contribution in [0, 0.1) is 17.8 Å². The van der Waals surface area contributed by atoms with Crippen LogP contribution >= 0.6 is 11.8 Å². The molecule has 0 saturated carbocycles. The highest BCUT2D eigenvalue weighted by molar-refractivity contribution is 8.01. The van der Waals surface area contributed by atoms with Crippen LogP contribution < -0.4 is 5.32 Å². The van der Waals surface area contributed by atoms with Crippen molar-refractivity contribution in [3.8, 4) is 0 Å². The molecule has 0 aromatic heterocycles. The van der Waals surface area contributed by atoms with Crippen LogP contribution in [0.2, 0.25) is 0 Å². The number of aliphatic hydroxyl groups excluding tert-OH is 1. The monoisotopic (exact) mass is 1350 g/mol. The summed E-state index contributed by atoms with van der Waals surface area (Å²) in [4.78, 5) is 116. The van der Waals surface area contributed by atoms with E-state index in [1.54, 1.807) is 87.6 Å². The third-order valence-corrected chi connectivity index (χ3v) is 21.6. The Morgan fingerprint density at radius 2 is 1.54 bits per heavy atom. The van der Waals surface area contributed by atoms with Gasteiger partial charge >= 0.3 is 29.8 Å². The molecule has 0 bridgehead atoms. The van der Waals surface area contributed by atoms with Gasteiger partial charge < -0.3 is 82.9 Å². The molecule has 94 heavy (non-hydrogen) atoms. The largest absolute Gasteiger partial charge is 0.480 e. The standard InChI is InChI=1S/C66H99N5O22S/c1-17-42-66(12,83)54(90-45(74)24-26-85-61(80)50-41(23-25-72)88-44-29-43(73)70(44)50)37(6)69(15)32-33(2)30-64(10,82)53(92-46-28-40(68(13)14)27-34(3)86-46)35(4)51(36(5)60(79)89-42)91-47-31-65(11,84-16)55(38(7)87-47)93-62(81)52-63(8,9)94-58-49(57(76)71(52)58)67-56(75)48(59(77)78)39-21-19-18-20-22-39/h18-23,33-38,40,42,44,46-55,58,72,82-83H,17,24-32H2,1-16H3,(H,67,75)(H,77,78)/b41-23-/t33-,34-,35+,36-,37-,38+,40+,42-,44?,46+,47+,48?,49?,50?,51+,52?,53-,54-,55+,58?,64-,65-,66-/m1/s1. The number of nitrogens with one attached hydrogen (secondary N) is 1. The van der Waals surface area contributed by atoms with Crippen molar-refractivity contribution in [3.63, 3.8) is 0 Å². The fourth-order valence-electron chi connectivity index (χ4n) is 14.9. The number of thioether (sulfide) groups is 1. The van der Waals surface area contributed by atoms with Crippen LogP contribution in [0.1, 0.15) is 140 Å². The summed E-state index contributed by atoms with van der Waals surface area (Å²) < 4.78 is 62.5. The minimum absolute atomic E-state index is 0.0249. The predicted octanol–water partition coefficient (Wildman–Crippen LogP) is 3.21. The maximum absolute atomic E-state index is 15.2. The summed E-state index contributed by atoms with van der Waals surface area (Å²) >= 11 is 1.27. The number of aliphatic hydroxyl groups is 3. The van der Waals surface area contributed by atoms with E-state index < -0.39 is 186 Å². The number of carboxylic acid groups (broad SMARTS) is 1. The van der Waals surface area contributed by atoms with E-state index in [2.05, 4.69) is 10.2 Å². The number of cyclic esters (lactones) is 1. The topological polar surface area (TPSA) is 335 Å². The molecule has 28 heteroatoms. The molecule has 7 aliphatic rings. The van der Waals surface area contributed by atoms with E-state index >= 15 is 4.79 Å². The number of ether oxygens (including phenoxy) is 10. The summed E-state index contributed by atoms with van der Waals surface area (Å²) in [5.74, 6) is -10.5. The van der Waals surface area contributed by atoms with Crippen LogP contribution in [0.25, 0.3) is 0 Å². The highest BCUT2D eigenvalue weighted by Gasteiger charge is 2.66. The molecular weight excluding hydrogens is 1250 g/mol. The van der Waals surface area contributed by atoms with Crippen LogP contribution in [0.15, 0.2) is 42.2 Å². The zero-order valence-electron chi connectivity index (χ0n) is 56.9. The molecule has 7 aliphatic heterocycles. The molecule has 0 radical (unpaired) electrons. The van der Waals surface area contributed by atoms with Gasteiger partial charge in [0.2, 0.25) is 17.7 Å². The van der Waals surface area contributed by atoms with Crippen LogP contribution in [0.3, 0.4) is 0 Å². The quantitative estimate of drug-likeness (QED) is 0.0574. The molecule has 23 atom stereocenters. The molecule has 7 heterocycles. The van der Waals surface area contributed by atoms with Crippen molar-refractivity contribution in [1.29, 1.82) is 0 Å². The number of aliphatic carboxylic acids is 1. The number of likely N-dealkylation sites (N-methyl/N-ethyl adjacent to an activating group) is 1. The molecule has 8 rings (SSSR count). The molecule has 1 aromatic rings. The van der Waals surface area contributed by atoms with Gasteiger partial charge in [-0.2, -0.15) is 0 Å². The van der Waals surface area contributed by atoms with E-state index in [1.807, 2.05) is 32.8 Å². The van der Waals surface area contributed by atoms with Crippen molar-refractivity contribution in [2.75, 3.05) is 48.0 Å². The zero-order chi connectivity index (χ0) is 69.4. The molecular formula is C66H99N5O22S. The van der Waals surface area contributed by atoms with Gasteiger partial charge in [0.05, 0.1) is 55.4 Å². The van der Waals surface area contributed by atoms with Crippen LogP contribution in [-0.2, 0) is 85.7 Å². The van der Waals surface area contributed by atoms with Crippen molar-refractivity contribution in [1.82, 2.24) is 24.9 Å². The molecule has 5 N–H and O–H groups in total. The van der Waals surface area contributed by atoms with E-state index in [0.29, 0.717) is 6.42 Å². The number of hydrogen-bond acceptors (Lipinski definition) is 24. The second kappa shape index (κ2) is 29.7. The van der Waals surface area contributed by atoms with Crippen LogP contribution in [-0.4, -0.2) is 254 Å². The number of β-lactam (4-membered cyclic amide) rings is 2. The zero-order valence-corrected chi connectivity index (χ0v) is 57.7. The maximum Gasteiger partial charge on any atom is 0.336 e. The van der Waals surface area contributed by atoms with Gasteiger partial charge in [0, 0.05) is 49.2 Å². The number of methoxy groups -OCH3 is 1. The lowest BCUT2D eigenvalue weighted by Gasteiger charge is -2.49. The van der Waals surface area contributed by atoms with Crippen molar-refractivity contribution in [2.45, 2.75) is 253 Å². The van der Waals surface area contributed by atoms with Gasteiger partial charge in [0.25, 0.3) is 0 Å². The molecule has 0 spiro atoms. The third-order valence-electron chi connectivity index (χ3n) is 20.0. The molecule has 1 aromatic carbocycles. The average molecular weight is 1350 g/mol. The summed E-state index contributed by atoms with van der Waals surface area (Å²) in [6.45, 7) is 20.1. The molecule has 526 valence electrons. The predicted molar refractivity (Wildman–Crippen MR) is 336 cm³/mol. The van der Waals surface area contributed by atoms with Gasteiger partial charge in [-0.15, -0.1) is 11.8 Å². The highest BCUT2D eigenvalue weighted by Crippen LogP contribution is 2.52. The van der Waals surface area contributed by atoms with E-state index in [1.165, 1.54) is 53.8 Å². The number of rotatable bonds is 19. The van der Waals surface area contributed by atoms with Gasteiger partial charge in [0.1, 0.15) is 53.2 Å². The Morgan fingerprint density at radius 1 is 0.862 bits per heavy atom. The van der Waals surface area contributed by atoms with E-state index in [9.17, 15) is 54.0 Å². The summed E-state index contributed by atoms with van der Waals surface area (Å²) in [7, 11) is 7.17. The number of benzene rings is 1. The summed E-state index contributed by atoms with van der Waals surface area (Å²) in [6.07, 6.45) is -8.05. The number of nitrogens with zero attached hydrogens (tertiary/aromatic N) is 4. The Labute approximate surface area is 554 Å². The lowest BCUT2D eigenvalue weighted by atomic mass is 9.77. The second-order valence-electron chi connectivity index (χ2n) is 28.1. The fraction of sp³-hybridized carbons (Fsp3) is 0.758. The Bertz CT molecular complexity index is 2950. The lowest BCUT2D eigenvalue weighted by molar-refractivity contribution is -0.310. The lowest BCUT2D eigenvalue weighted by Crippen LogP contribution is -2.71. The van der Waals surface area contributed by atoms with Crippen molar-refractivity contribution >= 4 is 59.3 Å². The van der Waals surface area contributed by atoms with Gasteiger partial charge in [-0.05, 0) is 120 Å². The Hall–Kier alpha value is -5.53. The molecule has 27 nitrogen and oxygen atoms in total. The Kier molecular flexibility index (Phi) is 23.4. The Morgan fingerprint density at radius 3 is 2.16 bits per heavy atom. The fourth-order valence-corrected chi connectivity index (χ4v) is 16.5. The third kappa shape index (κ3) is 15.6. The number of carboxylic acids is 1. The van der Waals surface area contributed by atoms with Crippen molar-refractivity contribution in [3.05, 3.63) is 47.7 Å². The highest BCUT2D eigenvalue weighted by atomic mass is 32.2. The molecule has 7 fully saturated rings. The first-order valence-corrected chi connectivity index (χ1v) is 33.5. The smallest absolute Gasteiger partial charge is 0.336 e. The SMILES string of the molecule is CC[C@H]1OC(=O)[C@H](C)[C@@H](O[C@H]2C[C@@](C)(OC)[C@@H](OC(=O)C3N4C(=O)C(NC(=O)C(C(=O)O)c5ccccc5)C4SC3(C)C)[C@H](C)O2)[C@H](C)[C@@H](O[C@H]2C[C@@H](N(C)C)C[C@@H](C)O2)[C@](C)(O)C[C@@H](C)CN(C)[C@H](C)[C@@H](OC(=O)CCOC(=O)C2/C(=C/CO)OC3CC(=O)N32)[C@]1(C)O. The number of carbonyl (C=O) groups is 8. The van der Waals surface area contributed by atoms with Gasteiger partial charge in [-0.3, -0.25) is 38.6 Å². The van der Waals surface area contributed by atoms with Crippen LogP contribution in [0.4, 0.5) is 0 Å². The first-order chi connectivity index (χ1) is 44.0. The molecule has 3 amide bonds. The Balaban J connectivity index is 1.04. The summed E-state index contributed by atoms with van der Waals surface area (Å²) in [6, 6.07) is 3.68. The molecule has 0 aliphatic carbocycles. The minimum Gasteiger partial charge on any atom is -0.480 e. The van der Waals surface area contributed by atoms with Crippen molar-refractivity contribution < 1.29 is 106 Å². The molecule has 6 unspecified atom stereocenters. The number of esters is 4. The first-order valence-electron chi connectivity index (χ1n) is 32.6. The molecule has 7 saturated heterocycles. The van der Waals surface area contributed by atoms with Crippen molar-refractivity contribution in [2.24, 2.45) is 17.8 Å². The number of fused-ring (bicyclic) bond motifs is 2. The number of amides is 3. The number of hydrogen-bond donors (Lipinski definition) is 5. The van der Waals surface area contributed by atoms with Crippen LogP contribution in [0.5, 0.6) is 0 Å². The van der Waals surface area contributed by atoms with E-state index in [-0.39, 0.29) is 67.5 Å². The average Bonchev–Trinajstić information content (AvgIpc) is 1.55. The van der Waals surface area contributed by atoms with E-state index in [0.717, 1.165) is 6.42 Å². The van der Waals surface area contributed by atoms with Gasteiger partial charge in [-0.25, -0.2) is 9.59 Å². The minimum atomic E-state index is -2.10. The normalized spacial score (nSPS) is 39.5. The number of carbonyl (C=O) groups excluding carboxylic acids is 7. The summed E-state index contributed by atoms with van der Waals surface area (Å²) in [5, 5.41) is 47.5. The van der Waals surface area contributed by atoms with Gasteiger partial charge in [-0.1, -0.05) is 51.1 Å². The first kappa shape index (κ1) is 74.3. The van der Waals surface area contributed by atoms with E-state index in [4.69, 9.17) is 47.4 Å². The second-order valence-corrected chi connectivity index (χ2v) is 29.8. The van der Waals surface area contributed by atoms with Gasteiger partial charge in [0.15, 0.2) is 36.9 Å². The maximum atomic E-state index is 15.2. The summed E-state index contributed by atoms with van der Waals surface area (Å²) in [5.41, 5.74) is -4.91.